The molecule has 0 saturated heterocycles. The molecule has 0 unspecified atom stereocenters. The zero-order chi connectivity index (χ0) is 11.9. The summed E-state index contributed by atoms with van der Waals surface area (Å²) >= 11 is 0. The molecule has 1 fully saturated rings. The number of unbranched alkanes of at least 4 members (excludes halogenated alkanes) is 3. The monoisotopic (exact) mass is 224 g/mol. The summed E-state index contributed by atoms with van der Waals surface area (Å²) in [6.07, 6.45) is 11.1. The van der Waals surface area contributed by atoms with Crippen molar-refractivity contribution in [1.29, 1.82) is 0 Å². The van der Waals surface area contributed by atoms with Gasteiger partial charge in [0.25, 0.3) is 0 Å². The van der Waals surface area contributed by atoms with Gasteiger partial charge < -0.3 is 5.11 Å². The van der Waals surface area contributed by atoms with Crippen LogP contribution < -0.4 is 0 Å². The Hall–Kier alpha value is -0.630. The highest BCUT2D eigenvalue weighted by Crippen LogP contribution is 2.30. The first-order chi connectivity index (χ1) is 7.69. The molecule has 0 aromatic heterocycles. The molecule has 2 nitrogen and oxygen atoms in total. The quantitative estimate of drug-likeness (QED) is 0.531. The van der Waals surface area contributed by atoms with Crippen molar-refractivity contribution in [2.75, 3.05) is 0 Å². The molecule has 0 spiro atoms. The summed E-state index contributed by atoms with van der Waals surface area (Å²) in [6, 6.07) is 0. The Morgan fingerprint density at radius 1 is 1.19 bits per heavy atom. The van der Waals surface area contributed by atoms with Crippen LogP contribution in [0.4, 0.5) is 0 Å². The van der Waals surface area contributed by atoms with Crippen LogP contribution in [0.25, 0.3) is 0 Å². The molecule has 0 aliphatic heterocycles. The number of hydrogen-bond donors (Lipinski definition) is 1. The van der Waals surface area contributed by atoms with E-state index in [1.165, 1.54) is 0 Å². The van der Waals surface area contributed by atoms with Gasteiger partial charge in [0.2, 0.25) is 0 Å². The highest BCUT2D eigenvalue weighted by molar-refractivity contribution is 5.87. The van der Waals surface area contributed by atoms with Crippen LogP contribution in [-0.4, -0.2) is 16.5 Å². The third-order valence-electron chi connectivity index (χ3n) is 3.51. The van der Waals surface area contributed by atoms with E-state index in [4.69, 9.17) is 0 Å². The van der Waals surface area contributed by atoms with Crippen LogP contribution in [0.2, 0.25) is 0 Å². The van der Waals surface area contributed by atoms with Gasteiger partial charge in [-0.05, 0) is 32.1 Å². The molecule has 0 aromatic carbocycles. The maximum atomic E-state index is 11.9. The Balaban J connectivity index is 2.20. The van der Waals surface area contributed by atoms with Crippen molar-refractivity contribution in [2.45, 2.75) is 69.8 Å². The smallest absolute Gasteiger partial charge is 0.164 e. The molecule has 92 valence electrons. The van der Waals surface area contributed by atoms with Gasteiger partial charge in [0, 0.05) is 6.42 Å². The van der Waals surface area contributed by atoms with E-state index in [9.17, 15) is 9.90 Å². The van der Waals surface area contributed by atoms with Crippen LogP contribution in [0.15, 0.2) is 12.7 Å². The molecule has 0 atom stereocenters. The summed E-state index contributed by atoms with van der Waals surface area (Å²) in [7, 11) is 0. The summed E-state index contributed by atoms with van der Waals surface area (Å²) in [5.41, 5.74) is -0.976. The molecule has 1 N–H and O–H groups in total. The van der Waals surface area contributed by atoms with Gasteiger partial charge in [0.05, 0.1) is 0 Å². The normalized spacial score (nSPS) is 19.3. The maximum Gasteiger partial charge on any atom is 0.164 e. The highest BCUT2D eigenvalue weighted by atomic mass is 16.3. The molecule has 1 aliphatic carbocycles. The fourth-order valence-corrected chi connectivity index (χ4v) is 2.40. The van der Waals surface area contributed by atoms with Crippen LogP contribution in [-0.2, 0) is 4.79 Å². The van der Waals surface area contributed by atoms with E-state index in [1.54, 1.807) is 0 Å². The van der Waals surface area contributed by atoms with Crippen molar-refractivity contribution in [1.82, 2.24) is 0 Å². The topological polar surface area (TPSA) is 37.3 Å². The zero-order valence-corrected chi connectivity index (χ0v) is 10.2. The average Bonchev–Trinajstić information content (AvgIpc) is 2.29. The molecule has 0 amide bonds. The second-order valence-corrected chi connectivity index (χ2v) is 4.90. The largest absolute Gasteiger partial charge is 0.382 e. The third kappa shape index (κ3) is 4.09. The number of Topliss-reactive ketones (excluding diaryl/α,β-unsaturated/α-hetero) is 1. The number of rotatable bonds is 7. The SMILES string of the molecule is C=CCCCCCC(=O)C1(O)CCCCC1. The van der Waals surface area contributed by atoms with Crippen LogP contribution >= 0.6 is 0 Å². The Morgan fingerprint density at radius 2 is 1.88 bits per heavy atom. The van der Waals surface area contributed by atoms with E-state index in [-0.39, 0.29) is 5.78 Å². The van der Waals surface area contributed by atoms with Gasteiger partial charge in [-0.25, -0.2) is 0 Å². The second-order valence-electron chi connectivity index (χ2n) is 4.90. The molecule has 16 heavy (non-hydrogen) atoms. The number of ketones is 1. The first-order valence-electron chi connectivity index (χ1n) is 6.55. The average molecular weight is 224 g/mol. The molecule has 0 bridgehead atoms. The standard InChI is InChI=1S/C14H24O2/c1-2-3-4-5-7-10-13(15)14(16)11-8-6-9-12-14/h2,16H,1,3-12H2. The van der Waals surface area contributed by atoms with Crippen LogP contribution in [0, 0.1) is 0 Å². The van der Waals surface area contributed by atoms with Crippen molar-refractivity contribution in [3.05, 3.63) is 12.7 Å². The van der Waals surface area contributed by atoms with E-state index in [0.29, 0.717) is 19.3 Å². The molecule has 1 rings (SSSR count). The molecular formula is C14H24O2. The predicted octanol–water partition coefficient (Wildman–Crippen LogP) is 3.39. The Kier molecular flexibility index (Phi) is 5.75. The number of carbonyl (C=O) groups is 1. The van der Waals surface area contributed by atoms with Gasteiger partial charge in [0.15, 0.2) is 5.78 Å². The Labute approximate surface area is 98.7 Å². The first kappa shape index (κ1) is 13.4. The fraction of sp³-hybridized carbons (Fsp3) is 0.786. The summed E-state index contributed by atoms with van der Waals surface area (Å²) < 4.78 is 0. The minimum Gasteiger partial charge on any atom is -0.382 e. The van der Waals surface area contributed by atoms with Crippen molar-refractivity contribution in [2.24, 2.45) is 0 Å². The van der Waals surface area contributed by atoms with Crippen molar-refractivity contribution < 1.29 is 9.90 Å². The number of hydrogen-bond acceptors (Lipinski definition) is 2. The Bertz CT molecular complexity index is 227. The molecule has 1 aliphatic rings. The molecule has 0 heterocycles. The summed E-state index contributed by atoms with van der Waals surface area (Å²) in [6.45, 7) is 3.67. The third-order valence-corrected chi connectivity index (χ3v) is 3.51. The lowest BCUT2D eigenvalue weighted by molar-refractivity contribution is -0.140. The van der Waals surface area contributed by atoms with E-state index < -0.39 is 5.60 Å². The molecule has 0 radical (unpaired) electrons. The number of carbonyl (C=O) groups excluding carboxylic acids is 1. The maximum absolute atomic E-state index is 11.9. The predicted molar refractivity (Wildman–Crippen MR) is 66.3 cm³/mol. The minimum absolute atomic E-state index is 0.0748. The van der Waals surface area contributed by atoms with E-state index in [1.807, 2.05) is 6.08 Å². The van der Waals surface area contributed by atoms with Crippen molar-refractivity contribution in [3.63, 3.8) is 0 Å². The lowest BCUT2D eigenvalue weighted by Gasteiger charge is -2.30. The first-order valence-corrected chi connectivity index (χ1v) is 6.55. The molecule has 0 aromatic rings. The lowest BCUT2D eigenvalue weighted by atomic mass is 9.80. The van der Waals surface area contributed by atoms with Gasteiger partial charge in [-0.2, -0.15) is 0 Å². The Morgan fingerprint density at radius 3 is 2.50 bits per heavy atom. The van der Waals surface area contributed by atoms with Gasteiger partial charge >= 0.3 is 0 Å². The van der Waals surface area contributed by atoms with Gasteiger partial charge in [-0.1, -0.05) is 31.8 Å². The van der Waals surface area contributed by atoms with Crippen molar-refractivity contribution >= 4 is 5.78 Å². The minimum atomic E-state index is -0.976. The van der Waals surface area contributed by atoms with Gasteiger partial charge in [0.1, 0.15) is 5.60 Å². The van der Waals surface area contributed by atoms with Crippen LogP contribution in [0.5, 0.6) is 0 Å². The summed E-state index contributed by atoms with van der Waals surface area (Å²) in [5.74, 6) is 0.0748. The number of aliphatic hydroxyl groups is 1. The van der Waals surface area contributed by atoms with E-state index >= 15 is 0 Å². The van der Waals surface area contributed by atoms with E-state index in [0.717, 1.165) is 44.9 Å². The van der Waals surface area contributed by atoms with Crippen molar-refractivity contribution in [3.8, 4) is 0 Å². The van der Waals surface area contributed by atoms with Crippen LogP contribution in [0.3, 0.4) is 0 Å². The molecular weight excluding hydrogens is 200 g/mol. The van der Waals surface area contributed by atoms with Gasteiger partial charge in [-0.3, -0.25) is 4.79 Å². The number of allylic oxidation sites excluding steroid dienone is 1. The van der Waals surface area contributed by atoms with Crippen LogP contribution in [0.1, 0.15) is 64.2 Å². The fourth-order valence-electron chi connectivity index (χ4n) is 2.40. The molecule has 2 heteroatoms. The van der Waals surface area contributed by atoms with Gasteiger partial charge in [-0.15, -0.1) is 6.58 Å². The summed E-state index contributed by atoms with van der Waals surface area (Å²) in [5, 5.41) is 10.2. The highest BCUT2D eigenvalue weighted by Gasteiger charge is 2.35. The lowest BCUT2D eigenvalue weighted by Crippen LogP contribution is -2.40. The molecule has 1 saturated carbocycles. The summed E-state index contributed by atoms with van der Waals surface area (Å²) in [4.78, 5) is 11.9. The van der Waals surface area contributed by atoms with E-state index in [2.05, 4.69) is 6.58 Å². The second kappa shape index (κ2) is 6.85. The zero-order valence-electron chi connectivity index (χ0n) is 10.2.